The summed E-state index contributed by atoms with van der Waals surface area (Å²) in [5, 5.41) is 0.548. The molecule has 2 nitrogen and oxygen atoms in total. The van der Waals surface area contributed by atoms with E-state index >= 15 is 0 Å². The highest BCUT2D eigenvalue weighted by Crippen LogP contribution is 2.49. The lowest BCUT2D eigenvalue weighted by molar-refractivity contribution is 0.0540. The number of para-hydroxylation sites is 1. The van der Waals surface area contributed by atoms with E-state index in [1.165, 1.54) is 16.1 Å². The number of hydrogen-bond acceptors (Lipinski definition) is 3. The van der Waals surface area contributed by atoms with Crippen LogP contribution >= 0.6 is 11.8 Å². The van der Waals surface area contributed by atoms with E-state index < -0.39 is 0 Å². The van der Waals surface area contributed by atoms with Crippen molar-refractivity contribution in [3.8, 4) is 0 Å². The number of anilines is 1. The lowest BCUT2D eigenvalue weighted by atomic mass is 9.94. The fourth-order valence-electron chi connectivity index (χ4n) is 3.51. The summed E-state index contributed by atoms with van der Waals surface area (Å²) in [7, 11) is 0. The largest absolute Gasteiger partial charge is 0.374 e. The van der Waals surface area contributed by atoms with Crippen molar-refractivity contribution >= 4 is 17.4 Å². The molecule has 104 valence electrons. The van der Waals surface area contributed by atoms with Gasteiger partial charge in [-0.05, 0) is 19.4 Å². The zero-order valence-electron chi connectivity index (χ0n) is 11.7. The van der Waals surface area contributed by atoms with Crippen molar-refractivity contribution in [2.75, 3.05) is 18.1 Å². The first-order chi connectivity index (χ1) is 9.88. The standard InChI is InChI=1S/C17H19NOS/c1-2-19-14-10-11-18-13-7-3-4-8-15(13)20-16-9-5-6-12(14)17(16)18/h3-9,13-15H,2,10-11H2,1H3. The van der Waals surface area contributed by atoms with Crippen LogP contribution in [-0.4, -0.2) is 24.4 Å². The smallest absolute Gasteiger partial charge is 0.0862 e. The Bertz CT molecular complexity index is 580. The van der Waals surface area contributed by atoms with E-state index in [0.717, 1.165) is 19.6 Å². The molecule has 0 saturated heterocycles. The van der Waals surface area contributed by atoms with Crippen LogP contribution in [0, 0.1) is 0 Å². The van der Waals surface area contributed by atoms with Gasteiger partial charge in [0.2, 0.25) is 0 Å². The molecule has 3 unspecified atom stereocenters. The summed E-state index contributed by atoms with van der Waals surface area (Å²) in [6, 6.07) is 7.18. The van der Waals surface area contributed by atoms with Crippen LogP contribution in [0.3, 0.4) is 0 Å². The highest BCUT2D eigenvalue weighted by atomic mass is 32.2. The summed E-state index contributed by atoms with van der Waals surface area (Å²) in [6.07, 6.45) is 10.4. The molecule has 1 aliphatic carbocycles. The van der Waals surface area contributed by atoms with Crippen LogP contribution in [0.25, 0.3) is 0 Å². The summed E-state index contributed by atoms with van der Waals surface area (Å²) >= 11 is 1.99. The minimum absolute atomic E-state index is 0.270. The van der Waals surface area contributed by atoms with Gasteiger partial charge in [0.05, 0.1) is 23.1 Å². The van der Waals surface area contributed by atoms with E-state index in [4.69, 9.17) is 4.74 Å². The first-order valence-corrected chi connectivity index (χ1v) is 8.29. The second-order valence-electron chi connectivity index (χ2n) is 5.46. The van der Waals surface area contributed by atoms with Crippen LogP contribution in [0.4, 0.5) is 5.69 Å². The Morgan fingerprint density at radius 2 is 2.20 bits per heavy atom. The normalized spacial score (nSPS) is 30.1. The molecule has 3 atom stereocenters. The molecular formula is C17H19NOS. The van der Waals surface area contributed by atoms with Gasteiger partial charge in [-0.2, -0.15) is 0 Å². The highest BCUT2D eigenvalue weighted by Gasteiger charge is 2.38. The van der Waals surface area contributed by atoms with Crippen molar-refractivity contribution in [3.63, 3.8) is 0 Å². The molecule has 0 N–H and O–H groups in total. The van der Waals surface area contributed by atoms with E-state index in [1.807, 2.05) is 11.8 Å². The predicted octanol–water partition coefficient (Wildman–Crippen LogP) is 3.94. The molecule has 3 aliphatic rings. The second-order valence-corrected chi connectivity index (χ2v) is 6.68. The van der Waals surface area contributed by atoms with Gasteiger partial charge in [-0.15, -0.1) is 11.8 Å². The fraction of sp³-hybridized carbons (Fsp3) is 0.412. The van der Waals surface area contributed by atoms with Gasteiger partial charge in [0.1, 0.15) is 0 Å². The minimum atomic E-state index is 0.270. The zero-order valence-corrected chi connectivity index (χ0v) is 12.5. The molecule has 3 heteroatoms. The van der Waals surface area contributed by atoms with E-state index in [2.05, 4.69) is 54.3 Å². The number of thioether (sulfide) groups is 1. The van der Waals surface area contributed by atoms with Gasteiger partial charge < -0.3 is 9.64 Å². The van der Waals surface area contributed by atoms with Crippen LogP contribution in [0.15, 0.2) is 47.4 Å². The van der Waals surface area contributed by atoms with Crippen LogP contribution < -0.4 is 4.90 Å². The van der Waals surface area contributed by atoms with Gasteiger partial charge in [0.15, 0.2) is 0 Å². The van der Waals surface area contributed by atoms with Crippen molar-refractivity contribution in [1.82, 2.24) is 0 Å². The molecule has 4 rings (SSSR count). The first kappa shape index (κ1) is 12.5. The number of allylic oxidation sites excluding steroid dienone is 2. The molecule has 1 aromatic carbocycles. The van der Waals surface area contributed by atoms with Gasteiger partial charge in [-0.25, -0.2) is 0 Å². The fourth-order valence-corrected chi connectivity index (χ4v) is 4.85. The van der Waals surface area contributed by atoms with Gasteiger partial charge in [-0.1, -0.05) is 36.4 Å². The van der Waals surface area contributed by atoms with Crippen molar-refractivity contribution < 1.29 is 4.74 Å². The second kappa shape index (κ2) is 4.97. The topological polar surface area (TPSA) is 12.5 Å². The number of fused-ring (bicyclic) bond motifs is 2. The van der Waals surface area contributed by atoms with Gasteiger partial charge in [-0.3, -0.25) is 0 Å². The van der Waals surface area contributed by atoms with E-state index in [9.17, 15) is 0 Å². The van der Waals surface area contributed by atoms with Crippen molar-refractivity contribution in [3.05, 3.63) is 48.1 Å². The Labute approximate surface area is 124 Å². The molecule has 0 aromatic heterocycles. The molecule has 2 aliphatic heterocycles. The third kappa shape index (κ3) is 1.84. The summed E-state index contributed by atoms with van der Waals surface area (Å²) in [5.74, 6) is 0. The average Bonchev–Trinajstić information content (AvgIpc) is 2.50. The molecule has 1 aromatic rings. The Balaban J connectivity index is 1.81. The Morgan fingerprint density at radius 1 is 1.30 bits per heavy atom. The predicted molar refractivity (Wildman–Crippen MR) is 84.5 cm³/mol. The van der Waals surface area contributed by atoms with Crippen LogP contribution in [0.1, 0.15) is 25.0 Å². The van der Waals surface area contributed by atoms with Crippen LogP contribution in [0.5, 0.6) is 0 Å². The maximum Gasteiger partial charge on any atom is 0.0862 e. The summed E-state index contributed by atoms with van der Waals surface area (Å²) in [5.41, 5.74) is 2.80. The average molecular weight is 285 g/mol. The molecule has 20 heavy (non-hydrogen) atoms. The third-order valence-corrected chi connectivity index (χ3v) is 5.64. The quantitative estimate of drug-likeness (QED) is 0.816. The third-order valence-electron chi connectivity index (χ3n) is 4.34. The lowest BCUT2D eigenvalue weighted by Gasteiger charge is -2.46. The maximum atomic E-state index is 5.95. The monoisotopic (exact) mass is 285 g/mol. The molecule has 0 spiro atoms. The van der Waals surface area contributed by atoms with Gasteiger partial charge in [0.25, 0.3) is 0 Å². The zero-order chi connectivity index (χ0) is 13.5. The SMILES string of the molecule is CCOC1CCN2c3c(cccc31)SC1C=CC=CC12. The number of rotatable bonds is 2. The summed E-state index contributed by atoms with van der Waals surface area (Å²) < 4.78 is 5.95. The Kier molecular flexibility index (Phi) is 3.12. The van der Waals surface area contributed by atoms with E-state index in [-0.39, 0.29) is 6.10 Å². The number of nitrogens with zero attached hydrogens (tertiary/aromatic N) is 1. The van der Waals surface area contributed by atoms with Gasteiger partial charge >= 0.3 is 0 Å². The number of hydrogen-bond donors (Lipinski definition) is 0. The maximum absolute atomic E-state index is 5.95. The molecule has 0 saturated carbocycles. The molecule has 0 radical (unpaired) electrons. The lowest BCUT2D eigenvalue weighted by Crippen LogP contribution is -2.47. The molecule has 0 amide bonds. The van der Waals surface area contributed by atoms with Crippen LogP contribution in [0.2, 0.25) is 0 Å². The summed E-state index contributed by atoms with van der Waals surface area (Å²) in [6.45, 7) is 3.96. The van der Waals surface area contributed by atoms with E-state index in [1.54, 1.807) is 0 Å². The van der Waals surface area contributed by atoms with E-state index in [0.29, 0.717) is 11.3 Å². The Morgan fingerprint density at radius 3 is 3.10 bits per heavy atom. The van der Waals surface area contributed by atoms with Crippen molar-refractivity contribution in [2.45, 2.75) is 35.6 Å². The number of benzene rings is 1. The molecule has 0 fully saturated rings. The molecular weight excluding hydrogens is 266 g/mol. The Hall–Kier alpha value is -1.19. The molecule has 2 heterocycles. The molecule has 0 bridgehead atoms. The minimum Gasteiger partial charge on any atom is -0.374 e. The number of ether oxygens (including phenoxy) is 1. The highest BCUT2D eigenvalue weighted by molar-refractivity contribution is 8.00. The van der Waals surface area contributed by atoms with Crippen LogP contribution in [-0.2, 0) is 4.74 Å². The van der Waals surface area contributed by atoms with Gasteiger partial charge in [0, 0.05) is 23.6 Å². The van der Waals surface area contributed by atoms with Crippen molar-refractivity contribution in [2.24, 2.45) is 0 Å². The van der Waals surface area contributed by atoms with Crippen molar-refractivity contribution in [1.29, 1.82) is 0 Å². The summed E-state index contributed by atoms with van der Waals surface area (Å²) in [4.78, 5) is 3.99. The first-order valence-electron chi connectivity index (χ1n) is 7.41.